The number of hydrogen-bond acceptors (Lipinski definition) is 3. The van der Waals surface area contributed by atoms with E-state index in [0.29, 0.717) is 19.6 Å². The van der Waals surface area contributed by atoms with E-state index >= 15 is 0 Å². The Balaban J connectivity index is 1.88. The summed E-state index contributed by atoms with van der Waals surface area (Å²) in [6.45, 7) is 3.10. The van der Waals surface area contributed by atoms with Gasteiger partial charge in [-0.2, -0.15) is 0 Å². The van der Waals surface area contributed by atoms with Gasteiger partial charge < -0.3 is 10.6 Å². The van der Waals surface area contributed by atoms with Crippen molar-refractivity contribution in [1.29, 1.82) is 0 Å². The minimum Gasteiger partial charge on any atom is -0.369 e. The summed E-state index contributed by atoms with van der Waals surface area (Å²) in [5.41, 5.74) is 6.22. The maximum Gasteiger partial charge on any atom is 0.246 e. The van der Waals surface area contributed by atoms with Gasteiger partial charge in [-0.15, -0.1) is 0 Å². The Bertz CT molecular complexity index is 514. The molecule has 21 heavy (non-hydrogen) atoms. The Hall–Kier alpha value is -2.14. The van der Waals surface area contributed by atoms with Crippen molar-refractivity contribution in [2.75, 3.05) is 32.7 Å². The normalized spacial score (nSPS) is 16.9. The van der Waals surface area contributed by atoms with E-state index in [9.17, 15) is 9.59 Å². The first kappa shape index (κ1) is 15.3. The molecule has 0 unspecified atom stereocenters. The summed E-state index contributed by atoms with van der Waals surface area (Å²) >= 11 is 0. The lowest BCUT2D eigenvalue weighted by atomic mass is 10.2. The summed E-state index contributed by atoms with van der Waals surface area (Å²) in [6.07, 6.45) is 4.30. The lowest BCUT2D eigenvalue weighted by Gasteiger charge is -2.19. The zero-order valence-electron chi connectivity index (χ0n) is 12.1. The minimum atomic E-state index is -0.321. The summed E-state index contributed by atoms with van der Waals surface area (Å²) in [5, 5.41) is 0. The second-order valence-corrected chi connectivity index (χ2v) is 5.17. The molecule has 5 heteroatoms. The van der Waals surface area contributed by atoms with E-state index in [1.54, 1.807) is 6.08 Å². The standard InChI is InChI=1S/C16H21N3O2/c17-15(20)13-18-9-4-10-19(12-11-18)16(21)8-7-14-5-2-1-3-6-14/h1-3,5-8H,4,9-13H2,(H2,17,20)/b8-7+. The molecule has 2 amide bonds. The van der Waals surface area contributed by atoms with Crippen molar-refractivity contribution < 1.29 is 9.59 Å². The highest BCUT2D eigenvalue weighted by Gasteiger charge is 2.18. The molecule has 0 spiro atoms. The molecule has 5 nitrogen and oxygen atoms in total. The second kappa shape index (κ2) is 7.59. The van der Waals surface area contributed by atoms with Crippen LogP contribution in [0.1, 0.15) is 12.0 Å². The fraction of sp³-hybridized carbons (Fsp3) is 0.375. The molecule has 0 saturated carbocycles. The molecule has 0 aromatic heterocycles. The third kappa shape index (κ3) is 5.04. The van der Waals surface area contributed by atoms with E-state index in [-0.39, 0.29) is 18.4 Å². The molecule has 2 rings (SSSR count). The minimum absolute atomic E-state index is 0.0137. The molecular formula is C16H21N3O2. The number of nitrogens with two attached hydrogens (primary N) is 1. The van der Waals surface area contributed by atoms with Crippen molar-refractivity contribution in [3.63, 3.8) is 0 Å². The fourth-order valence-corrected chi connectivity index (χ4v) is 2.41. The first-order valence-corrected chi connectivity index (χ1v) is 7.18. The van der Waals surface area contributed by atoms with Crippen LogP contribution < -0.4 is 5.73 Å². The Morgan fingerprint density at radius 2 is 1.86 bits per heavy atom. The van der Waals surface area contributed by atoms with Gasteiger partial charge in [-0.25, -0.2) is 0 Å². The molecule has 1 aliphatic heterocycles. The lowest BCUT2D eigenvalue weighted by Crippen LogP contribution is -2.37. The largest absolute Gasteiger partial charge is 0.369 e. The fourth-order valence-electron chi connectivity index (χ4n) is 2.41. The van der Waals surface area contributed by atoms with Gasteiger partial charge in [0.25, 0.3) is 0 Å². The van der Waals surface area contributed by atoms with Gasteiger partial charge in [0.15, 0.2) is 0 Å². The van der Waals surface area contributed by atoms with Crippen molar-refractivity contribution in [3.8, 4) is 0 Å². The molecule has 1 aliphatic rings. The van der Waals surface area contributed by atoms with Crippen LogP contribution in [0.4, 0.5) is 0 Å². The number of primary amides is 1. The zero-order chi connectivity index (χ0) is 15.1. The Kier molecular flexibility index (Phi) is 5.51. The zero-order valence-corrected chi connectivity index (χ0v) is 12.1. The predicted molar refractivity (Wildman–Crippen MR) is 82.3 cm³/mol. The highest BCUT2D eigenvalue weighted by atomic mass is 16.2. The van der Waals surface area contributed by atoms with Crippen molar-refractivity contribution >= 4 is 17.9 Å². The summed E-state index contributed by atoms with van der Waals surface area (Å²) in [4.78, 5) is 26.9. The highest BCUT2D eigenvalue weighted by Crippen LogP contribution is 2.06. The molecule has 0 bridgehead atoms. The number of rotatable bonds is 4. The molecule has 2 N–H and O–H groups in total. The van der Waals surface area contributed by atoms with E-state index in [1.807, 2.05) is 46.2 Å². The Labute approximate surface area is 125 Å². The van der Waals surface area contributed by atoms with Gasteiger partial charge in [-0.05, 0) is 18.1 Å². The molecule has 1 saturated heterocycles. The van der Waals surface area contributed by atoms with E-state index < -0.39 is 0 Å². The Morgan fingerprint density at radius 3 is 2.57 bits per heavy atom. The molecule has 112 valence electrons. The topological polar surface area (TPSA) is 66.6 Å². The first-order chi connectivity index (χ1) is 10.1. The quantitative estimate of drug-likeness (QED) is 0.830. The van der Waals surface area contributed by atoms with E-state index in [4.69, 9.17) is 5.73 Å². The average Bonchev–Trinajstić information content (AvgIpc) is 2.71. The van der Waals surface area contributed by atoms with Crippen LogP contribution in [0.15, 0.2) is 36.4 Å². The number of carbonyl (C=O) groups is 2. The maximum atomic E-state index is 12.2. The molecule has 0 aliphatic carbocycles. The van der Waals surface area contributed by atoms with Gasteiger partial charge in [-0.1, -0.05) is 30.3 Å². The van der Waals surface area contributed by atoms with E-state index in [0.717, 1.165) is 18.5 Å². The number of carbonyl (C=O) groups excluding carboxylic acids is 2. The van der Waals surface area contributed by atoms with Crippen LogP contribution in [0.5, 0.6) is 0 Å². The van der Waals surface area contributed by atoms with Crippen molar-refractivity contribution in [2.45, 2.75) is 6.42 Å². The summed E-state index contributed by atoms with van der Waals surface area (Å²) in [7, 11) is 0. The van der Waals surface area contributed by atoms with Crippen LogP contribution in [0.25, 0.3) is 6.08 Å². The predicted octanol–water partition coefficient (Wildman–Crippen LogP) is 0.719. The van der Waals surface area contributed by atoms with Gasteiger partial charge in [0, 0.05) is 32.3 Å². The average molecular weight is 287 g/mol. The third-order valence-corrected chi connectivity index (χ3v) is 3.50. The van der Waals surface area contributed by atoms with E-state index in [1.165, 1.54) is 0 Å². The molecule has 0 radical (unpaired) electrons. The second-order valence-electron chi connectivity index (χ2n) is 5.17. The summed E-state index contributed by atoms with van der Waals surface area (Å²) in [6, 6.07) is 9.75. The van der Waals surface area contributed by atoms with Crippen LogP contribution >= 0.6 is 0 Å². The summed E-state index contributed by atoms with van der Waals surface area (Å²) < 4.78 is 0. The van der Waals surface area contributed by atoms with Crippen molar-refractivity contribution in [2.24, 2.45) is 5.73 Å². The van der Waals surface area contributed by atoms with Gasteiger partial charge in [0.1, 0.15) is 0 Å². The first-order valence-electron chi connectivity index (χ1n) is 7.18. The molecule has 1 aromatic carbocycles. The maximum absolute atomic E-state index is 12.2. The summed E-state index contributed by atoms with van der Waals surface area (Å²) in [5.74, 6) is -0.307. The van der Waals surface area contributed by atoms with Crippen molar-refractivity contribution in [3.05, 3.63) is 42.0 Å². The van der Waals surface area contributed by atoms with E-state index in [2.05, 4.69) is 0 Å². The van der Waals surface area contributed by atoms with Crippen LogP contribution in [-0.4, -0.2) is 54.3 Å². The van der Waals surface area contributed by atoms with Gasteiger partial charge in [-0.3, -0.25) is 14.5 Å². The SMILES string of the molecule is NC(=O)CN1CCCN(C(=O)/C=C/c2ccccc2)CC1. The lowest BCUT2D eigenvalue weighted by molar-refractivity contribution is -0.125. The van der Waals surface area contributed by atoms with Crippen LogP contribution in [0.2, 0.25) is 0 Å². The highest BCUT2D eigenvalue weighted by molar-refractivity contribution is 5.91. The molecule has 0 atom stereocenters. The molecular weight excluding hydrogens is 266 g/mol. The number of hydrogen-bond donors (Lipinski definition) is 1. The number of amides is 2. The number of nitrogens with zero attached hydrogens (tertiary/aromatic N) is 2. The van der Waals surface area contributed by atoms with Crippen molar-refractivity contribution in [1.82, 2.24) is 9.80 Å². The van der Waals surface area contributed by atoms with Gasteiger partial charge >= 0.3 is 0 Å². The smallest absolute Gasteiger partial charge is 0.246 e. The number of benzene rings is 1. The third-order valence-electron chi connectivity index (χ3n) is 3.50. The molecule has 1 fully saturated rings. The Morgan fingerprint density at radius 1 is 1.10 bits per heavy atom. The molecule has 1 heterocycles. The van der Waals surface area contributed by atoms with Crippen LogP contribution in [0, 0.1) is 0 Å². The van der Waals surface area contributed by atoms with Gasteiger partial charge in [0.2, 0.25) is 11.8 Å². The monoisotopic (exact) mass is 287 g/mol. The van der Waals surface area contributed by atoms with Crippen LogP contribution in [0.3, 0.4) is 0 Å². The van der Waals surface area contributed by atoms with Crippen LogP contribution in [-0.2, 0) is 9.59 Å². The molecule has 1 aromatic rings. The van der Waals surface area contributed by atoms with Gasteiger partial charge in [0.05, 0.1) is 6.54 Å².